The predicted molar refractivity (Wildman–Crippen MR) is 80.8 cm³/mol. The summed E-state index contributed by atoms with van der Waals surface area (Å²) in [6.07, 6.45) is 3.44. The predicted octanol–water partition coefficient (Wildman–Crippen LogP) is 2.50. The van der Waals surface area contributed by atoms with Crippen LogP contribution in [0.4, 0.5) is 10.5 Å². The van der Waals surface area contributed by atoms with E-state index in [1.165, 1.54) is 12.0 Å². The minimum Gasteiger partial charge on any atom is -0.335 e. The van der Waals surface area contributed by atoms with Gasteiger partial charge in [-0.15, -0.1) is 0 Å². The van der Waals surface area contributed by atoms with Gasteiger partial charge in [-0.05, 0) is 63.2 Å². The second-order valence-electron chi connectivity index (χ2n) is 6.15. The van der Waals surface area contributed by atoms with E-state index >= 15 is 0 Å². The van der Waals surface area contributed by atoms with Crippen LogP contribution in [0.15, 0.2) is 24.3 Å². The summed E-state index contributed by atoms with van der Waals surface area (Å²) in [5.41, 5.74) is 2.05. The van der Waals surface area contributed by atoms with Gasteiger partial charge in [0.15, 0.2) is 0 Å². The molecule has 2 amide bonds. The summed E-state index contributed by atoms with van der Waals surface area (Å²) in [7, 11) is 0. The number of carbonyl (C=O) groups excluding carboxylic acids is 1. The molecule has 3 atom stereocenters. The molecule has 4 nitrogen and oxygen atoms in total. The number of urea groups is 1. The topological polar surface area (TPSA) is 53.2 Å². The van der Waals surface area contributed by atoms with Gasteiger partial charge in [0, 0.05) is 11.7 Å². The van der Waals surface area contributed by atoms with Crippen molar-refractivity contribution in [2.75, 3.05) is 18.4 Å². The first-order chi connectivity index (χ1) is 9.70. The summed E-state index contributed by atoms with van der Waals surface area (Å²) in [6, 6.07) is 8.12. The number of nitrogens with one attached hydrogen (secondary N) is 3. The van der Waals surface area contributed by atoms with E-state index in [4.69, 9.17) is 0 Å². The van der Waals surface area contributed by atoms with Gasteiger partial charge >= 0.3 is 6.03 Å². The maximum absolute atomic E-state index is 12.0. The number of aryl methyl sites for hydroxylation is 1. The summed E-state index contributed by atoms with van der Waals surface area (Å²) in [6.45, 7) is 4.31. The Morgan fingerprint density at radius 3 is 2.70 bits per heavy atom. The molecule has 2 fully saturated rings. The van der Waals surface area contributed by atoms with Gasteiger partial charge in [0.2, 0.25) is 0 Å². The zero-order chi connectivity index (χ0) is 13.9. The summed E-state index contributed by atoms with van der Waals surface area (Å²) in [4.78, 5) is 12.0. The molecule has 4 heteroatoms. The Labute approximate surface area is 120 Å². The third-order valence-electron chi connectivity index (χ3n) is 4.60. The second kappa shape index (κ2) is 5.83. The van der Waals surface area contributed by atoms with Crippen LogP contribution in [0.5, 0.6) is 0 Å². The van der Waals surface area contributed by atoms with Crippen LogP contribution in [-0.4, -0.2) is 25.2 Å². The molecule has 0 spiro atoms. The normalized spacial score (nSPS) is 28.8. The van der Waals surface area contributed by atoms with E-state index in [0.29, 0.717) is 6.04 Å². The Morgan fingerprint density at radius 2 is 1.90 bits per heavy atom. The number of anilines is 1. The van der Waals surface area contributed by atoms with E-state index in [1.807, 2.05) is 31.2 Å². The third-order valence-corrected chi connectivity index (χ3v) is 4.60. The molecule has 0 radical (unpaired) electrons. The molecule has 1 aliphatic carbocycles. The Morgan fingerprint density at radius 1 is 1.15 bits per heavy atom. The molecule has 3 rings (SSSR count). The van der Waals surface area contributed by atoms with Crippen molar-refractivity contribution in [1.82, 2.24) is 10.6 Å². The first-order valence-corrected chi connectivity index (χ1v) is 7.55. The lowest BCUT2D eigenvalue weighted by Gasteiger charge is -2.31. The van der Waals surface area contributed by atoms with Crippen molar-refractivity contribution in [3.8, 4) is 0 Å². The molecule has 20 heavy (non-hydrogen) atoms. The highest BCUT2D eigenvalue weighted by Crippen LogP contribution is 2.32. The van der Waals surface area contributed by atoms with Crippen molar-refractivity contribution >= 4 is 11.7 Å². The van der Waals surface area contributed by atoms with E-state index in [2.05, 4.69) is 16.0 Å². The van der Waals surface area contributed by atoms with Crippen LogP contribution in [0.3, 0.4) is 0 Å². The highest BCUT2D eigenvalue weighted by atomic mass is 16.2. The first-order valence-electron chi connectivity index (χ1n) is 7.55. The van der Waals surface area contributed by atoms with Crippen LogP contribution in [-0.2, 0) is 0 Å². The number of hydrogen-bond acceptors (Lipinski definition) is 2. The zero-order valence-corrected chi connectivity index (χ0v) is 12.0. The van der Waals surface area contributed by atoms with Gasteiger partial charge in [0.05, 0.1) is 0 Å². The number of rotatable bonds is 2. The van der Waals surface area contributed by atoms with Crippen molar-refractivity contribution in [3.63, 3.8) is 0 Å². The highest BCUT2D eigenvalue weighted by molar-refractivity contribution is 5.89. The van der Waals surface area contributed by atoms with Crippen LogP contribution in [0.1, 0.15) is 24.8 Å². The van der Waals surface area contributed by atoms with Gasteiger partial charge in [-0.3, -0.25) is 0 Å². The van der Waals surface area contributed by atoms with E-state index in [0.717, 1.165) is 43.5 Å². The van der Waals surface area contributed by atoms with Gasteiger partial charge in [0.25, 0.3) is 0 Å². The summed E-state index contributed by atoms with van der Waals surface area (Å²) in [5, 5.41) is 9.48. The van der Waals surface area contributed by atoms with Gasteiger partial charge in [-0.25, -0.2) is 4.79 Å². The number of fused-ring (bicyclic) bond motifs is 1. The number of hydrogen-bond donors (Lipinski definition) is 3. The Balaban J connectivity index is 1.50. The minimum absolute atomic E-state index is 0.0803. The lowest BCUT2D eigenvalue weighted by molar-refractivity contribution is 0.224. The number of benzene rings is 1. The Kier molecular flexibility index (Phi) is 3.92. The molecular weight excluding hydrogens is 250 g/mol. The number of amides is 2. The standard InChI is InChI=1S/C16H23N3O/c1-11-2-5-14(6-3-11)18-16(20)19-15-7-4-12-9-17-10-13(12)8-15/h2-3,5-6,12-13,15,17H,4,7-10H2,1H3,(H2,18,19,20)/t12-,13+,15?/m0/s1. The van der Waals surface area contributed by atoms with E-state index in [-0.39, 0.29) is 6.03 Å². The minimum atomic E-state index is -0.0803. The van der Waals surface area contributed by atoms with Crippen LogP contribution in [0.25, 0.3) is 0 Å². The lowest BCUT2D eigenvalue weighted by Crippen LogP contribution is -2.42. The quantitative estimate of drug-likeness (QED) is 0.775. The van der Waals surface area contributed by atoms with Crippen molar-refractivity contribution in [3.05, 3.63) is 29.8 Å². The average Bonchev–Trinajstić information content (AvgIpc) is 2.89. The van der Waals surface area contributed by atoms with Crippen molar-refractivity contribution in [1.29, 1.82) is 0 Å². The van der Waals surface area contributed by atoms with E-state index in [1.54, 1.807) is 0 Å². The van der Waals surface area contributed by atoms with Gasteiger partial charge in [-0.2, -0.15) is 0 Å². The summed E-state index contributed by atoms with van der Waals surface area (Å²) in [5.74, 6) is 1.57. The van der Waals surface area contributed by atoms with E-state index < -0.39 is 0 Å². The molecule has 1 aliphatic heterocycles. The molecule has 2 aliphatic rings. The fourth-order valence-electron chi connectivity index (χ4n) is 3.42. The average molecular weight is 273 g/mol. The largest absolute Gasteiger partial charge is 0.335 e. The third kappa shape index (κ3) is 3.12. The van der Waals surface area contributed by atoms with Crippen LogP contribution in [0.2, 0.25) is 0 Å². The molecule has 0 bridgehead atoms. The van der Waals surface area contributed by atoms with Gasteiger partial charge in [-0.1, -0.05) is 17.7 Å². The molecule has 1 heterocycles. The molecule has 1 saturated carbocycles. The summed E-state index contributed by atoms with van der Waals surface area (Å²) < 4.78 is 0. The molecule has 0 aromatic heterocycles. The fraction of sp³-hybridized carbons (Fsp3) is 0.562. The number of carbonyl (C=O) groups is 1. The monoisotopic (exact) mass is 273 g/mol. The van der Waals surface area contributed by atoms with Gasteiger partial charge < -0.3 is 16.0 Å². The molecule has 3 N–H and O–H groups in total. The van der Waals surface area contributed by atoms with Crippen molar-refractivity contribution in [2.24, 2.45) is 11.8 Å². The second-order valence-corrected chi connectivity index (χ2v) is 6.15. The summed E-state index contributed by atoms with van der Waals surface area (Å²) >= 11 is 0. The Hall–Kier alpha value is -1.55. The highest BCUT2D eigenvalue weighted by Gasteiger charge is 2.34. The molecule has 108 valence electrons. The zero-order valence-electron chi connectivity index (χ0n) is 12.0. The molecule has 1 unspecified atom stereocenters. The van der Waals surface area contributed by atoms with Crippen molar-refractivity contribution < 1.29 is 4.79 Å². The van der Waals surface area contributed by atoms with Crippen molar-refractivity contribution in [2.45, 2.75) is 32.2 Å². The SMILES string of the molecule is Cc1ccc(NC(=O)NC2CC[C@H]3CNC[C@H]3C2)cc1. The smallest absolute Gasteiger partial charge is 0.319 e. The van der Waals surface area contributed by atoms with Crippen LogP contribution < -0.4 is 16.0 Å². The maximum atomic E-state index is 12.0. The molecular formula is C16H23N3O. The maximum Gasteiger partial charge on any atom is 0.319 e. The fourth-order valence-corrected chi connectivity index (χ4v) is 3.42. The van der Waals surface area contributed by atoms with Crippen LogP contribution in [0, 0.1) is 18.8 Å². The molecule has 1 aromatic rings. The van der Waals surface area contributed by atoms with Gasteiger partial charge in [0.1, 0.15) is 0 Å². The van der Waals surface area contributed by atoms with E-state index in [9.17, 15) is 4.79 Å². The molecule has 1 aromatic carbocycles. The molecule has 1 saturated heterocycles. The lowest BCUT2D eigenvalue weighted by atomic mass is 9.79. The Bertz CT molecular complexity index is 471. The first kappa shape index (κ1) is 13.4. The van der Waals surface area contributed by atoms with Crippen LogP contribution >= 0.6 is 0 Å².